The molecule has 1 rings (SSSR count). The summed E-state index contributed by atoms with van der Waals surface area (Å²) < 4.78 is 0. The molecule has 0 saturated heterocycles. The van der Waals surface area contributed by atoms with E-state index in [1.54, 1.807) is 6.08 Å². The molecule has 0 aromatic carbocycles. The minimum Gasteiger partial charge on any atom is -0.396 e. The minimum absolute atomic E-state index is 0.205. The maximum Gasteiger partial charge on any atom is 0.166 e. The second-order valence-electron chi connectivity index (χ2n) is 4.40. The number of hydrogen-bond acceptors (Lipinski definition) is 5. The van der Waals surface area contributed by atoms with Gasteiger partial charge in [0.1, 0.15) is 6.10 Å². The summed E-state index contributed by atoms with van der Waals surface area (Å²) in [6.07, 6.45) is -1.33. The molecule has 0 spiro atoms. The predicted molar refractivity (Wildman–Crippen MR) is 70.9 cm³/mol. The first-order chi connectivity index (χ1) is 8.51. The fourth-order valence-corrected chi connectivity index (χ4v) is 2.27. The van der Waals surface area contributed by atoms with E-state index < -0.39 is 30.3 Å². The molecule has 1 saturated carbocycles. The molecule has 6 nitrogen and oxygen atoms in total. The molecule has 1 fully saturated rings. The highest BCUT2D eigenvalue weighted by Crippen LogP contribution is 2.25. The molecular formula is C11H20N2O4S. The zero-order valence-corrected chi connectivity index (χ0v) is 10.8. The molecule has 0 aromatic rings. The van der Waals surface area contributed by atoms with Crippen LogP contribution in [0.15, 0.2) is 12.7 Å². The molecule has 18 heavy (non-hydrogen) atoms. The molecule has 0 radical (unpaired) electrons. The Hall–Kier alpha value is -0.730. The summed E-state index contributed by atoms with van der Waals surface area (Å²) in [5.74, 6) is -0.525. The number of thiocarbonyl (C=S) groups is 1. The minimum atomic E-state index is -1.19. The number of hydrogen-bond donors (Lipinski definition) is 6. The Labute approximate surface area is 111 Å². The molecular weight excluding hydrogens is 256 g/mol. The lowest BCUT2D eigenvalue weighted by Gasteiger charge is -2.40. The van der Waals surface area contributed by atoms with Gasteiger partial charge in [-0.25, -0.2) is 0 Å². The van der Waals surface area contributed by atoms with Crippen molar-refractivity contribution in [2.24, 2.45) is 5.92 Å². The van der Waals surface area contributed by atoms with Gasteiger partial charge in [-0.15, -0.1) is 6.58 Å². The Morgan fingerprint density at radius 2 is 2.00 bits per heavy atom. The Kier molecular flexibility index (Phi) is 5.97. The van der Waals surface area contributed by atoms with Crippen LogP contribution < -0.4 is 10.6 Å². The van der Waals surface area contributed by atoms with Crippen molar-refractivity contribution in [3.8, 4) is 0 Å². The van der Waals surface area contributed by atoms with Crippen LogP contribution in [0.25, 0.3) is 0 Å². The lowest BCUT2D eigenvalue weighted by atomic mass is 9.80. The van der Waals surface area contributed by atoms with Gasteiger partial charge in [0.05, 0.1) is 18.2 Å². The van der Waals surface area contributed by atoms with E-state index in [-0.39, 0.29) is 18.1 Å². The quantitative estimate of drug-likeness (QED) is 0.263. The second kappa shape index (κ2) is 7.01. The summed E-state index contributed by atoms with van der Waals surface area (Å²) in [6.45, 7) is 3.71. The number of aliphatic hydroxyl groups excluding tert-OH is 4. The molecule has 1 aliphatic rings. The maximum atomic E-state index is 9.89. The molecule has 1 aliphatic carbocycles. The van der Waals surface area contributed by atoms with Gasteiger partial charge in [0.15, 0.2) is 5.11 Å². The van der Waals surface area contributed by atoms with E-state index in [4.69, 9.17) is 17.3 Å². The number of aliphatic hydroxyl groups is 4. The van der Waals surface area contributed by atoms with Crippen LogP contribution in [0.5, 0.6) is 0 Å². The third kappa shape index (κ3) is 3.63. The van der Waals surface area contributed by atoms with Crippen LogP contribution in [0.1, 0.15) is 6.42 Å². The second-order valence-corrected chi connectivity index (χ2v) is 4.80. The van der Waals surface area contributed by atoms with Crippen molar-refractivity contribution >= 4 is 17.3 Å². The molecule has 0 aliphatic heterocycles. The smallest absolute Gasteiger partial charge is 0.166 e. The van der Waals surface area contributed by atoms with Gasteiger partial charge in [-0.1, -0.05) is 6.08 Å². The first-order valence-electron chi connectivity index (χ1n) is 5.81. The fourth-order valence-electron chi connectivity index (χ4n) is 2.05. The van der Waals surface area contributed by atoms with Gasteiger partial charge in [-0.2, -0.15) is 0 Å². The van der Waals surface area contributed by atoms with Gasteiger partial charge >= 0.3 is 0 Å². The highest BCUT2D eigenvalue weighted by Gasteiger charge is 2.42. The van der Waals surface area contributed by atoms with E-state index in [2.05, 4.69) is 17.2 Å². The highest BCUT2D eigenvalue weighted by atomic mass is 32.1. The number of nitrogens with one attached hydrogen (secondary N) is 2. The SMILES string of the molecule is C=CCNC(=S)N[C@@H]1[C@@H](O)[C@H](O)[C@@H](CO)C[C@@H]1O. The van der Waals surface area contributed by atoms with Crippen molar-refractivity contribution in [3.63, 3.8) is 0 Å². The monoisotopic (exact) mass is 276 g/mol. The van der Waals surface area contributed by atoms with E-state index in [1.165, 1.54) is 0 Å². The summed E-state index contributed by atoms with van der Waals surface area (Å²) in [5.41, 5.74) is 0. The summed E-state index contributed by atoms with van der Waals surface area (Å²) >= 11 is 4.98. The molecule has 5 atom stereocenters. The fraction of sp³-hybridized carbons (Fsp3) is 0.727. The van der Waals surface area contributed by atoms with Gasteiger partial charge < -0.3 is 31.1 Å². The van der Waals surface area contributed by atoms with E-state index >= 15 is 0 Å². The molecule has 0 unspecified atom stereocenters. The van der Waals surface area contributed by atoms with Crippen molar-refractivity contribution in [1.82, 2.24) is 10.6 Å². The van der Waals surface area contributed by atoms with E-state index in [1.807, 2.05) is 0 Å². The van der Waals surface area contributed by atoms with E-state index in [0.29, 0.717) is 6.54 Å². The van der Waals surface area contributed by atoms with Crippen molar-refractivity contribution in [2.75, 3.05) is 13.2 Å². The third-order valence-corrected chi connectivity index (χ3v) is 3.36. The summed E-state index contributed by atoms with van der Waals surface area (Å²) in [4.78, 5) is 0. The first-order valence-corrected chi connectivity index (χ1v) is 6.22. The van der Waals surface area contributed by atoms with Crippen molar-refractivity contribution in [2.45, 2.75) is 30.8 Å². The largest absolute Gasteiger partial charge is 0.396 e. The average Bonchev–Trinajstić information content (AvgIpc) is 2.36. The zero-order valence-electron chi connectivity index (χ0n) is 9.99. The van der Waals surface area contributed by atoms with Crippen LogP contribution in [0.2, 0.25) is 0 Å². The van der Waals surface area contributed by atoms with Gasteiger partial charge in [-0.3, -0.25) is 0 Å². The summed E-state index contributed by atoms with van der Waals surface area (Å²) in [6, 6.07) is -0.757. The zero-order chi connectivity index (χ0) is 13.7. The van der Waals surface area contributed by atoms with Crippen LogP contribution in [-0.2, 0) is 0 Å². The van der Waals surface area contributed by atoms with E-state index in [0.717, 1.165) is 0 Å². The Bertz CT molecular complexity index is 303. The normalized spacial score (nSPS) is 35.9. The highest BCUT2D eigenvalue weighted by molar-refractivity contribution is 7.80. The molecule has 0 bridgehead atoms. The Balaban J connectivity index is 2.59. The number of rotatable bonds is 4. The van der Waals surface area contributed by atoms with Crippen LogP contribution in [0, 0.1) is 5.92 Å². The van der Waals surface area contributed by atoms with Gasteiger partial charge in [-0.05, 0) is 18.6 Å². The third-order valence-electron chi connectivity index (χ3n) is 3.10. The standard InChI is InChI=1S/C11H20N2O4S/c1-2-3-12-11(18)13-8-7(15)4-6(5-14)9(16)10(8)17/h2,6-10,14-17H,1,3-5H2,(H2,12,13,18)/t6-,7+,8+,9-,10-/m1/s1. The topological polar surface area (TPSA) is 105 Å². The first kappa shape index (κ1) is 15.3. The lowest BCUT2D eigenvalue weighted by Crippen LogP contribution is -2.62. The predicted octanol–water partition coefficient (Wildman–Crippen LogP) is -1.90. The van der Waals surface area contributed by atoms with Crippen LogP contribution in [0.4, 0.5) is 0 Å². The van der Waals surface area contributed by atoms with E-state index in [9.17, 15) is 15.3 Å². The summed E-state index contributed by atoms with van der Waals surface area (Å²) in [7, 11) is 0. The van der Waals surface area contributed by atoms with Crippen LogP contribution >= 0.6 is 12.2 Å². The van der Waals surface area contributed by atoms with Gasteiger partial charge in [0.2, 0.25) is 0 Å². The molecule has 6 N–H and O–H groups in total. The lowest BCUT2D eigenvalue weighted by molar-refractivity contribution is -0.111. The molecule has 7 heteroatoms. The van der Waals surface area contributed by atoms with Crippen molar-refractivity contribution < 1.29 is 20.4 Å². The van der Waals surface area contributed by atoms with Crippen molar-refractivity contribution in [3.05, 3.63) is 12.7 Å². The average molecular weight is 276 g/mol. The molecule has 104 valence electrons. The Morgan fingerprint density at radius 1 is 1.33 bits per heavy atom. The van der Waals surface area contributed by atoms with Gasteiger partial charge in [0, 0.05) is 19.1 Å². The van der Waals surface area contributed by atoms with Crippen LogP contribution in [-0.4, -0.2) is 63.0 Å². The van der Waals surface area contributed by atoms with Gasteiger partial charge in [0.25, 0.3) is 0 Å². The molecule has 0 amide bonds. The summed E-state index contributed by atoms with van der Waals surface area (Å²) in [5, 5.41) is 44.4. The maximum absolute atomic E-state index is 9.89. The van der Waals surface area contributed by atoms with Crippen molar-refractivity contribution in [1.29, 1.82) is 0 Å². The van der Waals surface area contributed by atoms with Crippen LogP contribution in [0.3, 0.4) is 0 Å². The molecule has 0 aromatic heterocycles. The molecule has 0 heterocycles. The Morgan fingerprint density at radius 3 is 2.56 bits per heavy atom.